The van der Waals surface area contributed by atoms with E-state index in [0.717, 1.165) is 32.1 Å². The molecule has 0 bridgehead atoms. The van der Waals surface area contributed by atoms with Gasteiger partial charge < -0.3 is 15.0 Å². The SMILES string of the molecule is Cc1ccc2c(CCNC(C)C3CCOCC3)c[nH]c2c1. The van der Waals surface area contributed by atoms with E-state index in [4.69, 9.17) is 4.74 Å². The topological polar surface area (TPSA) is 37.0 Å². The van der Waals surface area contributed by atoms with E-state index in [1.165, 1.54) is 34.9 Å². The molecule has 2 aromatic rings. The minimum Gasteiger partial charge on any atom is -0.381 e. The Balaban J connectivity index is 1.54. The average molecular weight is 286 g/mol. The molecule has 2 N–H and O–H groups in total. The molecule has 2 heterocycles. The van der Waals surface area contributed by atoms with Crippen LogP contribution in [0.25, 0.3) is 10.9 Å². The lowest BCUT2D eigenvalue weighted by Crippen LogP contribution is -2.37. The van der Waals surface area contributed by atoms with Crippen molar-refractivity contribution in [1.29, 1.82) is 0 Å². The van der Waals surface area contributed by atoms with Crippen LogP contribution in [-0.4, -0.2) is 30.8 Å². The van der Waals surface area contributed by atoms with Crippen LogP contribution in [0.1, 0.15) is 30.9 Å². The van der Waals surface area contributed by atoms with Gasteiger partial charge in [-0.1, -0.05) is 12.1 Å². The maximum absolute atomic E-state index is 5.44. The molecule has 1 aliphatic heterocycles. The van der Waals surface area contributed by atoms with Gasteiger partial charge in [0.05, 0.1) is 0 Å². The minimum absolute atomic E-state index is 0.585. The molecular weight excluding hydrogens is 260 g/mol. The number of aromatic amines is 1. The van der Waals surface area contributed by atoms with Crippen LogP contribution in [-0.2, 0) is 11.2 Å². The third-order valence-corrected chi connectivity index (χ3v) is 4.76. The highest BCUT2D eigenvalue weighted by atomic mass is 16.5. The zero-order valence-electron chi connectivity index (χ0n) is 13.1. The standard InChI is InChI=1S/C18H26N2O/c1-13-3-4-17-16(12-20-18(17)11-13)5-8-19-14(2)15-6-9-21-10-7-15/h3-4,11-12,14-15,19-20H,5-10H2,1-2H3. The van der Waals surface area contributed by atoms with E-state index in [0.29, 0.717) is 6.04 Å². The Bertz CT molecular complexity index is 584. The summed E-state index contributed by atoms with van der Waals surface area (Å²) < 4.78 is 5.44. The Morgan fingerprint density at radius 1 is 1.33 bits per heavy atom. The molecule has 0 amide bonds. The zero-order valence-corrected chi connectivity index (χ0v) is 13.1. The lowest BCUT2D eigenvalue weighted by atomic mass is 9.93. The maximum atomic E-state index is 5.44. The first-order chi connectivity index (χ1) is 10.2. The highest BCUT2D eigenvalue weighted by molar-refractivity contribution is 5.83. The molecule has 114 valence electrons. The molecule has 1 aromatic carbocycles. The van der Waals surface area contributed by atoms with Crippen molar-refractivity contribution in [1.82, 2.24) is 10.3 Å². The van der Waals surface area contributed by atoms with Crippen LogP contribution in [0.15, 0.2) is 24.4 Å². The molecule has 1 unspecified atom stereocenters. The van der Waals surface area contributed by atoms with Gasteiger partial charge in [0.1, 0.15) is 0 Å². The second-order valence-corrected chi connectivity index (χ2v) is 6.31. The van der Waals surface area contributed by atoms with Crippen molar-refractivity contribution in [2.45, 2.75) is 39.2 Å². The molecule has 1 saturated heterocycles. The van der Waals surface area contributed by atoms with Crippen molar-refractivity contribution in [3.8, 4) is 0 Å². The third-order valence-electron chi connectivity index (χ3n) is 4.76. The van der Waals surface area contributed by atoms with Crippen LogP contribution in [0.2, 0.25) is 0 Å². The predicted octanol–water partition coefficient (Wildman–Crippen LogP) is 3.42. The van der Waals surface area contributed by atoms with E-state index in [2.05, 4.69) is 48.5 Å². The lowest BCUT2D eigenvalue weighted by Gasteiger charge is -2.28. The largest absolute Gasteiger partial charge is 0.381 e. The highest BCUT2D eigenvalue weighted by Crippen LogP contribution is 2.21. The number of nitrogens with one attached hydrogen (secondary N) is 2. The molecule has 0 spiro atoms. The molecule has 0 saturated carbocycles. The Kier molecular flexibility index (Phi) is 4.61. The number of H-pyrrole nitrogens is 1. The average Bonchev–Trinajstić information content (AvgIpc) is 2.90. The van der Waals surface area contributed by atoms with Crippen LogP contribution in [0.3, 0.4) is 0 Å². The zero-order chi connectivity index (χ0) is 14.7. The molecule has 0 aliphatic carbocycles. The van der Waals surface area contributed by atoms with E-state index in [1.807, 2.05) is 0 Å². The van der Waals surface area contributed by atoms with E-state index in [1.54, 1.807) is 0 Å². The van der Waals surface area contributed by atoms with E-state index in [9.17, 15) is 0 Å². The van der Waals surface area contributed by atoms with E-state index < -0.39 is 0 Å². The van der Waals surface area contributed by atoms with Crippen molar-refractivity contribution in [2.75, 3.05) is 19.8 Å². The van der Waals surface area contributed by atoms with Crippen molar-refractivity contribution in [3.63, 3.8) is 0 Å². The van der Waals surface area contributed by atoms with Gasteiger partial charge >= 0.3 is 0 Å². The molecule has 1 aliphatic rings. The van der Waals surface area contributed by atoms with Gasteiger partial charge in [0.2, 0.25) is 0 Å². The molecule has 3 nitrogen and oxygen atoms in total. The smallest absolute Gasteiger partial charge is 0.0469 e. The fraction of sp³-hybridized carbons (Fsp3) is 0.556. The molecule has 3 rings (SSSR count). The van der Waals surface area contributed by atoms with E-state index >= 15 is 0 Å². The first-order valence-electron chi connectivity index (χ1n) is 8.12. The van der Waals surface area contributed by atoms with Gasteiger partial charge in [-0.3, -0.25) is 0 Å². The van der Waals surface area contributed by atoms with Crippen LogP contribution >= 0.6 is 0 Å². The number of ether oxygens (including phenoxy) is 1. The Hall–Kier alpha value is -1.32. The summed E-state index contributed by atoms with van der Waals surface area (Å²) in [6.07, 6.45) is 5.63. The van der Waals surface area contributed by atoms with Crippen molar-refractivity contribution in [3.05, 3.63) is 35.5 Å². The maximum Gasteiger partial charge on any atom is 0.0469 e. The molecular formula is C18H26N2O. The first-order valence-corrected chi connectivity index (χ1v) is 8.12. The second-order valence-electron chi connectivity index (χ2n) is 6.31. The number of fused-ring (bicyclic) bond motifs is 1. The molecule has 21 heavy (non-hydrogen) atoms. The second kappa shape index (κ2) is 6.63. The fourth-order valence-electron chi connectivity index (χ4n) is 3.32. The van der Waals surface area contributed by atoms with Crippen LogP contribution in [0, 0.1) is 12.8 Å². The lowest BCUT2D eigenvalue weighted by molar-refractivity contribution is 0.0561. The van der Waals surface area contributed by atoms with Gasteiger partial charge in [-0.2, -0.15) is 0 Å². The van der Waals surface area contributed by atoms with Crippen LogP contribution in [0.4, 0.5) is 0 Å². The molecule has 1 aromatic heterocycles. The number of benzene rings is 1. The molecule has 1 atom stereocenters. The van der Waals surface area contributed by atoms with Gasteiger partial charge in [0.15, 0.2) is 0 Å². The first kappa shape index (κ1) is 14.6. The van der Waals surface area contributed by atoms with Crippen LogP contribution < -0.4 is 5.32 Å². The van der Waals surface area contributed by atoms with Crippen molar-refractivity contribution < 1.29 is 4.74 Å². The van der Waals surface area contributed by atoms with Crippen molar-refractivity contribution in [2.24, 2.45) is 5.92 Å². The quantitative estimate of drug-likeness (QED) is 0.883. The number of hydrogen-bond donors (Lipinski definition) is 2. The highest BCUT2D eigenvalue weighted by Gasteiger charge is 2.19. The number of hydrogen-bond acceptors (Lipinski definition) is 2. The monoisotopic (exact) mass is 286 g/mol. The van der Waals surface area contributed by atoms with Crippen molar-refractivity contribution >= 4 is 10.9 Å². The summed E-state index contributed by atoms with van der Waals surface area (Å²) in [5.41, 5.74) is 3.97. The minimum atomic E-state index is 0.585. The summed E-state index contributed by atoms with van der Waals surface area (Å²) in [6.45, 7) is 7.35. The summed E-state index contributed by atoms with van der Waals surface area (Å²) in [5.74, 6) is 0.768. The Labute approximate surface area is 127 Å². The number of aromatic nitrogens is 1. The van der Waals surface area contributed by atoms with E-state index in [-0.39, 0.29) is 0 Å². The number of aryl methyl sites for hydroxylation is 1. The summed E-state index contributed by atoms with van der Waals surface area (Å²) >= 11 is 0. The summed E-state index contributed by atoms with van der Waals surface area (Å²) in [7, 11) is 0. The van der Waals surface area contributed by atoms with Gasteiger partial charge in [0.25, 0.3) is 0 Å². The summed E-state index contributed by atoms with van der Waals surface area (Å²) in [6, 6.07) is 7.23. The van der Waals surface area contributed by atoms with Gasteiger partial charge in [-0.15, -0.1) is 0 Å². The fourth-order valence-corrected chi connectivity index (χ4v) is 3.32. The third kappa shape index (κ3) is 3.47. The summed E-state index contributed by atoms with van der Waals surface area (Å²) in [4.78, 5) is 3.39. The molecule has 1 fully saturated rings. The predicted molar refractivity (Wildman–Crippen MR) is 87.7 cm³/mol. The van der Waals surface area contributed by atoms with Gasteiger partial charge in [0, 0.05) is 36.4 Å². The van der Waals surface area contributed by atoms with Gasteiger partial charge in [-0.25, -0.2) is 0 Å². The number of rotatable bonds is 5. The van der Waals surface area contributed by atoms with Crippen LogP contribution in [0.5, 0.6) is 0 Å². The Morgan fingerprint density at radius 2 is 2.14 bits per heavy atom. The van der Waals surface area contributed by atoms with Gasteiger partial charge in [-0.05, 0) is 62.8 Å². The Morgan fingerprint density at radius 3 is 2.95 bits per heavy atom. The normalized spacial score (nSPS) is 18.2. The molecule has 3 heteroatoms. The summed E-state index contributed by atoms with van der Waals surface area (Å²) in [5, 5.41) is 5.06. The molecule has 0 radical (unpaired) electrons.